The van der Waals surface area contributed by atoms with Gasteiger partial charge in [-0.3, -0.25) is 0 Å². The summed E-state index contributed by atoms with van der Waals surface area (Å²) in [5.74, 6) is 0. The van der Waals surface area contributed by atoms with Crippen molar-refractivity contribution in [2.75, 3.05) is 33.2 Å². The molecule has 0 bridgehead atoms. The van der Waals surface area contributed by atoms with Gasteiger partial charge in [-0.2, -0.15) is 0 Å². The van der Waals surface area contributed by atoms with Gasteiger partial charge in [-0.15, -0.1) is 0 Å². The SMILES string of the molecule is CCC1(CCOC[Si]OC)COC1. The molecule has 0 spiro atoms. The van der Waals surface area contributed by atoms with Crippen molar-refractivity contribution in [3.05, 3.63) is 0 Å². The minimum absolute atomic E-state index is 0.427. The zero-order valence-corrected chi connectivity index (χ0v) is 9.47. The molecule has 0 saturated carbocycles. The lowest BCUT2D eigenvalue weighted by Gasteiger charge is -2.40. The van der Waals surface area contributed by atoms with Crippen molar-refractivity contribution in [2.45, 2.75) is 19.8 Å². The Morgan fingerprint density at radius 1 is 1.46 bits per heavy atom. The molecule has 1 saturated heterocycles. The summed E-state index contributed by atoms with van der Waals surface area (Å²) in [5.41, 5.74) is 0.427. The van der Waals surface area contributed by atoms with Crippen molar-refractivity contribution in [1.82, 2.24) is 0 Å². The highest BCUT2D eigenvalue weighted by Gasteiger charge is 2.35. The van der Waals surface area contributed by atoms with Crippen LogP contribution in [0.3, 0.4) is 0 Å². The summed E-state index contributed by atoms with van der Waals surface area (Å²) in [6.07, 6.45) is 3.05. The Bertz CT molecular complexity index is 131. The number of ether oxygens (including phenoxy) is 2. The van der Waals surface area contributed by atoms with Gasteiger partial charge in [0.15, 0.2) is 0 Å². The molecule has 0 atom stereocenters. The van der Waals surface area contributed by atoms with E-state index in [1.54, 1.807) is 7.11 Å². The predicted molar refractivity (Wildman–Crippen MR) is 51.7 cm³/mol. The first kappa shape index (κ1) is 11.2. The fourth-order valence-corrected chi connectivity index (χ4v) is 1.72. The fraction of sp³-hybridized carbons (Fsp3) is 1.00. The summed E-state index contributed by atoms with van der Waals surface area (Å²) in [7, 11) is 2.18. The summed E-state index contributed by atoms with van der Waals surface area (Å²) in [4.78, 5) is 0. The number of hydrogen-bond acceptors (Lipinski definition) is 3. The minimum atomic E-state index is 0.427. The average molecular weight is 202 g/mol. The molecular formula is C9H18O3Si. The van der Waals surface area contributed by atoms with Crippen molar-refractivity contribution >= 4 is 9.76 Å². The molecular weight excluding hydrogens is 184 g/mol. The molecule has 2 radical (unpaired) electrons. The highest BCUT2D eigenvalue weighted by Crippen LogP contribution is 2.34. The third kappa shape index (κ3) is 3.38. The average Bonchev–Trinajstić information content (AvgIpc) is 2.09. The Labute approximate surface area is 82.7 Å². The van der Waals surface area contributed by atoms with E-state index in [-0.39, 0.29) is 0 Å². The Kier molecular flexibility index (Phi) is 4.94. The van der Waals surface area contributed by atoms with E-state index in [9.17, 15) is 0 Å². The molecule has 0 aromatic heterocycles. The van der Waals surface area contributed by atoms with Gasteiger partial charge in [-0.25, -0.2) is 0 Å². The molecule has 1 aliphatic rings. The molecule has 1 rings (SSSR count). The minimum Gasteiger partial charge on any atom is -0.418 e. The molecule has 76 valence electrons. The van der Waals surface area contributed by atoms with Gasteiger partial charge in [0.25, 0.3) is 9.76 Å². The molecule has 0 amide bonds. The van der Waals surface area contributed by atoms with E-state index in [1.165, 1.54) is 6.42 Å². The van der Waals surface area contributed by atoms with Gasteiger partial charge in [-0.05, 0) is 12.8 Å². The molecule has 1 fully saturated rings. The fourth-order valence-electron chi connectivity index (χ4n) is 1.38. The first-order valence-corrected chi connectivity index (χ1v) is 5.86. The smallest absolute Gasteiger partial charge is 0.257 e. The normalized spacial score (nSPS) is 19.8. The Hall–Kier alpha value is 0.0969. The number of hydrogen-bond donors (Lipinski definition) is 0. The van der Waals surface area contributed by atoms with Gasteiger partial charge in [0.1, 0.15) is 0 Å². The first-order valence-electron chi connectivity index (χ1n) is 4.74. The van der Waals surface area contributed by atoms with Gasteiger partial charge >= 0.3 is 0 Å². The molecule has 0 aliphatic carbocycles. The summed E-state index contributed by atoms with van der Waals surface area (Å²) >= 11 is 0. The maximum Gasteiger partial charge on any atom is 0.257 e. The zero-order chi connectivity index (χ0) is 9.57. The molecule has 4 heteroatoms. The molecule has 0 unspecified atom stereocenters. The highest BCUT2D eigenvalue weighted by atomic mass is 28.2. The van der Waals surface area contributed by atoms with Gasteiger partial charge in [0.05, 0.1) is 19.4 Å². The van der Waals surface area contributed by atoms with Crippen LogP contribution in [0.15, 0.2) is 0 Å². The monoisotopic (exact) mass is 202 g/mol. The third-order valence-corrected chi connectivity index (χ3v) is 3.26. The van der Waals surface area contributed by atoms with Crippen LogP contribution in [-0.2, 0) is 13.9 Å². The van der Waals surface area contributed by atoms with Crippen LogP contribution in [0.4, 0.5) is 0 Å². The van der Waals surface area contributed by atoms with Crippen LogP contribution in [0.25, 0.3) is 0 Å². The second kappa shape index (κ2) is 5.75. The van der Waals surface area contributed by atoms with Crippen LogP contribution >= 0.6 is 0 Å². The Morgan fingerprint density at radius 3 is 2.69 bits per heavy atom. The maximum atomic E-state index is 5.44. The van der Waals surface area contributed by atoms with E-state index in [2.05, 4.69) is 6.92 Å². The van der Waals surface area contributed by atoms with Crippen molar-refractivity contribution in [1.29, 1.82) is 0 Å². The lowest BCUT2D eigenvalue weighted by atomic mass is 9.80. The maximum absolute atomic E-state index is 5.44. The lowest BCUT2D eigenvalue weighted by molar-refractivity contribution is -0.126. The van der Waals surface area contributed by atoms with Crippen molar-refractivity contribution in [3.63, 3.8) is 0 Å². The van der Waals surface area contributed by atoms with Crippen molar-refractivity contribution in [3.8, 4) is 0 Å². The second-order valence-electron chi connectivity index (χ2n) is 3.50. The van der Waals surface area contributed by atoms with Crippen LogP contribution in [0, 0.1) is 5.41 Å². The van der Waals surface area contributed by atoms with Crippen LogP contribution < -0.4 is 0 Å². The summed E-state index contributed by atoms with van der Waals surface area (Å²) in [5, 5.41) is 0. The van der Waals surface area contributed by atoms with E-state index in [0.717, 1.165) is 32.5 Å². The molecule has 3 nitrogen and oxygen atoms in total. The van der Waals surface area contributed by atoms with Gasteiger partial charge in [0, 0.05) is 19.1 Å². The quantitative estimate of drug-likeness (QED) is 0.456. The van der Waals surface area contributed by atoms with E-state index < -0.39 is 0 Å². The molecule has 0 aromatic carbocycles. The van der Waals surface area contributed by atoms with Crippen molar-refractivity contribution < 1.29 is 13.9 Å². The Morgan fingerprint density at radius 2 is 2.23 bits per heavy atom. The second-order valence-corrected chi connectivity index (χ2v) is 4.48. The van der Waals surface area contributed by atoms with Crippen LogP contribution in [0.1, 0.15) is 19.8 Å². The van der Waals surface area contributed by atoms with Crippen LogP contribution in [0.2, 0.25) is 0 Å². The van der Waals surface area contributed by atoms with E-state index in [4.69, 9.17) is 13.9 Å². The van der Waals surface area contributed by atoms with Gasteiger partial charge in [-0.1, -0.05) is 6.92 Å². The zero-order valence-electron chi connectivity index (χ0n) is 8.47. The molecule has 0 aromatic rings. The highest BCUT2D eigenvalue weighted by molar-refractivity contribution is 6.26. The summed E-state index contributed by atoms with van der Waals surface area (Å²) in [6.45, 7) is 4.89. The first-order chi connectivity index (χ1) is 6.33. The molecule has 0 N–H and O–H groups in total. The standard InChI is InChI=1S/C9H18O3Si/c1-3-9(6-12-7-9)4-5-11-8-13-10-2/h3-8H2,1-2H3. The van der Waals surface area contributed by atoms with E-state index >= 15 is 0 Å². The van der Waals surface area contributed by atoms with Gasteiger partial charge in [0.2, 0.25) is 0 Å². The number of rotatable bonds is 7. The van der Waals surface area contributed by atoms with E-state index in [1.807, 2.05) is 0 Å². The predicted octanol–water partition coefficient (Wildman–Crippen LogP) is 1.04. The van der Waals surface area contributed by atoms with Gasteiger partial charge < -0.3 is 13.9 Å². The lowest BCUT2D eigenvalue weighted by Crippen LogP contribution is -2.42. The van der Waals surface area contributed by atoms with Crippen LogP contribution in [-0.4, -0.2) is 42.9 Å². The Balaban J connectivity index is 1.98. The van der Waals surface area contributed by atoms with E-state index in [0.29, 0.717) is 15.2 Å². The molecule has 1 heterocycles. The largest absolute Gasteiger partial charge is 0.418 e. The van der Waals surface area contributed by atoms with Crippen molar-refractivity contribution in [2.24, 2.45) is 5.41 Å². The summed E-state index contributed by atoms with van der Waals surface area (Å²) < 4.78 is 15.6. The molecule has 13 heavy (non-hydrogen) atoms. The third-order valence-electron chi connectivity index (χ3n) is 2.65. The topological polar surface area (TPSA) is 27.7 Å². The molecule has 1 aliphatic heterocycles. The summed E-state index contributed by atoms with van der Waals surface area (Å²) in [6, 6.07) is 0. The van der Waals surface area contributed by atoms with Crippen LogP contribution in [0.5, 0.6) is 0 Å².